The van der Waals surface area contributed by atoms with Crippen LogP contribution in [0.25, 0.3) is 0 Å². The van der Waals surface area contributed by atoms with E-state index in [0.717, 1.165) is 18.0 Å². The molecule has 2 N–H and O–H groups in total. The SMILES string of the molecule is Cc1cc(C(N)=S)ccc1CN1CCC(C(C)(C)C)C1. The van der Waals surface area contributed by atoms with Crippen LogP contribution in [0.1, 0.15) is 43.9 Å². The number of thiocarbonyl (C=S) groups is 1. The third-order valence-electron chi connectivity index (χ3n) is 4.52. The van der Waals surface area contributed by atoms with Gasteiger partial charge in [0.2, 0.25) is 0 Å². The van der Waals surface area contributed by atoms with Crippen LogP contribution in [0, 0.1) is 18.3 Å². The van der Waals surface area contributed by atoms with Gasteiger partial charge in [-0.15, -0.1) is 0 Å². The van der Waals surface area contributed by atoms with Crippen molar-refractivity contribution in [3.63, 3.8) is 0 Å². The van der Waals surface area contributed by atoms with Crippen LogP contribution in [0.2, 0.25) is 0 Å². The lowest BCUT2D eigenvalue weighted by Crippen LogP contribution is -2.26. The second-order valence-corrected chi connectivity index (χ2v) is 7.53. The smallest absolute Gasteiger partial charge is 0.103 e. The average molecular weight is 290 g/mol. The van der Waals surface area contributed by atoms with Crippen molar-refractivity contribution in [3.05, 3.63) is 34.9 Å². The van der Waals surface area contributed by atoms with Gasteiger partial charge in [-0.05, 0) is 48.4 Å². The van der Waals surface area contributed by atoms with Crippen molar-refractivity contribution in [3.8, 4) is 0 Å². The Labute approximate surface area is 128 Å². The molecule has 0 saturated carbocycles. The van der Waals surface area contributed by atoms with E-state index in [9.17, 15) is 0 Å². The molecule has 0 aromatic heterocycles. The van der Waals surface area contributed by atoms with Crippen LogP contribution >= 0.6 is 12.2 Å². The molecule has 0 spiro atoms. The lowest BCUT2D eigenvalue weighted by atomic mass is 9.80. The molecule has 1 atom stereocenters. The quantitative estimate of drug-likeness (QED) is 0.864. The Morgan fingerprint density at radius 3 is 2.60 bits per heavy atom. The Kier molecular flexibility index (Phi) is 4.50. The highest BCUT2D eigenvalue weighted by atomic mass is 32.1. The zero-order chi connectivity index (χ0) is 14.9. The maximum atomic E-state index is 5.68. The van der Waals surface area contributed by atoms with Crippen molar-refractivity contribution in [2.24, 2.45) is 17.1 Å². The number of likely N-dealkylation sites (tertiary alicyclic amines) is 1. The second-order valence-electron chi connectivity index (χ2n) is 7.09. The highest BCUT2D eigenvalue weighted by Gasteiger charge is 2.31. The minimum Gasteiger partial charge on any atom is -0.389 e. The maximum Gasteiger partial charge on any atom is 0.103 e. The first-order valence-corrected chi connectivity index (χ1v) is 7.80. The van der Waals surface area contributed by atoms with Gasteiger partial charge in [0.25, 0.3) is 0 Å². The van der Waals surface area contributed by atoms with Gasteiger partial charge in [0.1, 0.15) is 4.99 Å². The number of nitrogens with two attached hydrogens (primary N) is 1. The molecule has 1 aromatic carbocycles. The van der Waals surface area contributed by atoms with Gasteiger partial charge in [0.15, 0.2) is 0 Å². The monoisotopic (exact) mass is 290 g/mol. The van der Waals surface area contributed by atoms with Gasteiger partial charge < -0.3 is 5.73 Å². The molecule has 2 rings (SSSR count). The summed E-state index contributed by atoms with van der Waals surface area (Å²) in [5, 5.41) is 0. The van der Waals surface area contributed by atoms with E-state index in [1.807, 2.05) is 6.07 Å². The van der Waals surface area contributed by atoms with E-state index >= 15 is 0 Å². The predicted octanol–water partition coefficient (Wildman–Crippen LogP) is 3.50. The van der Waals surface area contributed by atoms with Crippen LogP contribution in [-0.4, -0.2) is 23.0 Å². The van der Waals surface area contributed by atoms with Crippen LogP contribution in [0.3, 0.4) is 0 Å². The van der Waals surface area contributed by atoms with E-state index in [-0.39, 0.29) is 0 Å². The summed E-state index contributed by atoms with van der Waals surface area (Å²) in [6.45, 7) is 12.7. The van der Waals surface area contributed by atoms with E-state index in [1.54, 1.807) is 0 Å². The lowest BCUT2D eigenvalue weighted by Gasteiger charge is -2.27. The molecular weight excluding hydrogens is 264 g/mol. The molecule has 0 radical (unpaired) electrons. The molecule has 2 nitrogen and oxygen atoms in total. The van der Waals surface area contributed by atoms with Crippen LogP contribution < -0.4 is 5.73 Å². The van der Waals surface area contributed by atoms with Crippen molar-refractivity contribution in [2.75, 3.05) is 13.1 Å². The fourth-order valence-electron chi connectivity index (χ4n) is 2.95. The summed E-state index contributed by atoms with van der Waals surface area (Å²) in [5.74, 6) is 0.804. The largest absolute Gasteiger partial charge is 0.389 e. The molecular formula is C17H26N2S. The maximum absolute atomic E-state index is 5.68. The molecule has 1 saturated heterocycles. The third-order valence-corrected chi connectivity index (χ3v) is 4.75. The fraction of sp³-hybridized carbons (Fsp3) is 0.588. The highest BCUT2D eigenvalue weighted by molar-refractivity contribution is 7.80. The molecule has 0 aliphatic carbocycles. The summed E-state index contributed by atoms with van der Waals surface area (Å²) in [6.07, 6.45) is 1.31. The van der Waals surface area contributed by atoms with E-state index in [4.69, 9.17) is 18.0 Å². The highest BCUT2D eigenvalue weighted by Crippen LogP contribution is 2.34. The Morgan fingerprint density at radius 1 is 1.40 bits per heavy atom. The predicted molar refractivity (Wildman–Crippen MR) is 89.9 cm³/mol. The molecule has 1 unspecified atom stereocenters. The van der Waals surface area contributed by atoms with E-state index in [2.05, 4.69) is 44.7 Å². The van der Waals surface area contributed by atoms with Crippen molar-refractivity contribution in [1.82, 2.24) is 4.90 Å². The Balaban J connectivity index is 2.03. The second kappa shape index (κ2) is 5.82. The summed E-state index contributed by atoms with van der Waals surface area (Å²) in [7, 11) is 0. The number of hydrogen-bond donors (Lipinski definition) is 1. The normalized spacial score (nSPS) is 20.3. The van der Waals surface area contributed by atoms with Crippen molar-refractivity contribution < 1.29 is 0 Å². The van der Waals surface area contributed by atoms with Gasteiger partial charge in [-0.3, -0.25) is 4.90 Å². The summed E-state index contributed by atoms with van der Waals surface area (Å²) in [6, 6.07) is 6.32. The zero-order valence-corrected chi connectivity index (χ0v) is 13.9. The number of hydrogen-bond acceptors (Lipinski definition) is 2. The lowest BCUT2D eigenvalue weighted by molar-refractivity contribution is 0.226. The molecule has 1 aliphatic rings. The zero-order valence-electron chi connectivity index (χ0n) is 13.1. The average Bonchev–Trinajstić information content (AvgIpc) is 2.80. The Hall–Kier alpha value is -0.930. The van der Waals surface area contributed by atoms with Gasteiger partial charge in [0.05, 0.1) is 0 Å². The van der Waals surface area contributed by atoms with Crippen LogP contribution in [0.4, 0.5) is 0 Å². The van der Waals surface area contributed by atoms with Crippen molar-refractivity contribution >= 4 is 17.2 Å². The molecule has 0 bridgehead atoms. The topological polar surface area (TPSA) is 29.3 Å². The number of aryl methyl sites for hydroxylation is 1. The first-order valence-electron chi connectivity index (χ1n) is 7.39. The summed E-state index contributed by atoms with van der Waals surface area (Å²) >= 11 is 5.03. The Morgan fingerprint density at radius 2 is 2.10 bits per heavy atom. The summed E-state index contributed by atoms with van der Waals surface area (Å²) in [5.41, 5.74) is 9.74. The molecule has 1 aliphatic heterocycles. The van der Waals surface area contributed by atoms with Gasteiger partial charge in [-0.1, -0.05) is 45.1 Å². The van der Waals surface area contributed by atoms with Gasteiger partial charge in [-0.2, -0.15) is 0 Å². The standard InChI is InChI=1S/C17H26N2S/c1-12-9-13(16(18)20)5-6-14(12)10-19-8-7-15(11-19)17(2,3)4/h5-6,9,15H,7-8,10-11H2,1-4H3,(H2,18,20). The van der Waals surface area contributed by atoms with Gasteiger partial charge in [0, 0.05) is 18.7 Å². The van der Waals surface area contributed by atoms with E-state index in [0.29, 0.717) is 10.4 Å². The summed E-state index contributed by atoms with van der Waals surface area (Å²) < 4.78 is 0. The van der Waals surface area contributed by atoms with Gasteiger partial charge in [-0.25, -0.2) is 0 Å². The summed E-state index contributed by atoms with van der Waals surface area (Å²) in [4.78, 5) is 3.05. The number of rotatable bonds is 3. The molecule has 110 valence electrons. The molecule has 1 aromatic rings. The molecule has 3 heteroatoms. The minimum absolute atomic E-state index is 0.416. The van der Waals surface area contributed by atoms with E-state index in [1.165, 1.54) is 30.6 Å². The molecule has 1 heterocycles. The van der Waals surface area contributed by atoms with Crippen LogP contribution in [0.5, 0.6) is 0 Å². The van der Waals surface area contributed by atoms with Crippen molar-refractivity contribution in [2.45, 2.75) is 40.7 Å². The first kappa shape index (κ1) is 15.5. The third kappa shape index (κ3) is 3.58. The first-order chi connectivity index (χ1) is 9.27. The Bertz CT molecular complexity index is 502. The molecule has 0 amide bonds. The molecule has 1 fully saturated rings. The fourth-order valence-corrected chi connectivity index (χ4v) is 3.08. The van der Waals surface area contributed by atoms with E-state index < -0.39 is 0 Å². The molecule has 20 heavy (non-hydrogen) atoms. The van der Waals surface area contributed by atoms with Crippen molar-refractivity contribution in [1.29, 1.82) is 0 Å². The van der Waals surface area contributed by atoms with Crippen LogP contribution in [-0.2, 0) is 6.54 Å². The number of nitrogens with zero attached hydrogens (tertiary/aromatic N) is 1. The van der Waals surface area contributed by atoms with Crippen LogP contribution in [0.15, 0.2) is 18.2 Å². The minimum atomic E-state index is 0.416. The van der Waals surface area contributed by atoms with Gasteiger partial charge >= 0.3 is 0 Å². The number of benzene rings is 1.